The quantitative estimate of drug-likeness (QED) is 0.304. The van der Waals surface area contributed by atoms with Crippen LogP contribution in [0.1, 0.15) is 30.5 Å². The first-order chi connectivity index (χ1) is 9.08. The highest BCUT2D eigenvalue weighted by atomic mass is 32.1. The number of amides is 1. The number of hydrogen-bond donors (Lipinski definition) is 3. The lowest BCUT2D eigenvalue weighted by atomic mass is 10.0. The molecule has 0 spiro atoms. The number of nitrogens with one attached hydrogen (secondary N) is 1. The Labute approximate surface area is 116 Å². The summed E-state index contributed by atoms with van der Waals surface area (Å²) in [7, 11) is 0. The first kappa shape index (κ1) is 15.4. The first-order valence-electron chi connectivity index (χ1n) is 6.24. The Morgan fingerprint density at radius 2 is 2.42 bits per heavy atom. The largest absolute Gasteiger partial charge is 0.409 e. The van der Waals surface area contributed by atoms with E-state index in [1.807, 2.05) is 19.2 Å². The highest BCUT2D eigenvalue weighted by Gasteiger charge is 2.21. The number of carbonyl (C=O) groups is 1. The third kappa shape index (κ3) is 4.86. The van der Waals surface area contributed by atoms with E-state index in [0.717, 1.165) is 17.1 Å². The minimum Gasteiger partial charge on any atom is -0.409 e. The van der Waals surface area contributed by atoms with Crippen LogP contribution < -0.4 is 11.1 Å². The molecule has 6 nitrogen and oxygen atoms in total. The van der Waals surface area contributed by atoms with Gasteiger partial charge in [-0.1, -0.05) is 18.5 Å². The molecule has 0 saturated heterocycles. The third-order valence-corrected chi connectivity index (χ3v) is 3.54. The number of hydrogen-bond acceptors (Lipinski definition) is 5. The molecule has 19 heavy (non-hydrogen) atoms. The van der Waals surface area contributed by atoms with E-state index in [0.29, 0.717) is 19.4 Å². The van der Waals surface area contributed by atoms with Crippen molar-refractivity contribution in [3.63, 3.8) is 0 Å². The molecule has 0 aliphatic rings. The zero-order valence-corrected chi connectivity index (χ0v) is 12.0. The Hall–Kier alpha value is -1.63. The van der Waals surface area contributed by atoms with Gasteiger partial charge >= 0.3 is 0 Å². The number of rotatable bonds is 7. The summed E-state index contributed by atoms with van der Waals surface area (Å²) < 4.78 is 0. The number of nitrogens with two attached hydrogens (primary N) is 1. The molecule has 0 fully saturated rings. The van der Waals surface area contributed by atoms with Gasteiger partial charge in [-0.25, -0.2) is 4.98 Å². The van der Waals surface area contributed by atoms with Crippen molar-refractivity contribution in [3.8, 4) is 0 Å². The van der Waals surface area contributed by atoms with Crippen LogP contribution in [0.5, 0.6) is 0 Å². The zero-order valence-electron chi connectivity index (χ0n) is 11.2. The molecule has 1 unspecified atom stereocenters. The molecule has 1 rings (SSSR count). The maximum absolute atomic E-state index is 11.9. The van der Waals surface area contributed by atoms with Crippen molar-refractivity contribution in [2.24, 2.45) is 16.8 Å². The van der Waals surface area contributed by atoms with E-state index in [9.17, 15) is 4.79 Å². The molecular formula is C12H20N4O2S. The fraction of sp³-hybridized carbons (Fsp3) is 0.583. The number of amidine groups is 1. The predicted molar refractivity (Wildman–Crippen MR) is 75.4 cm³/mol. The van der Waals surface area contributed by atoms with Gasteiger partial charge < -0.3 is 16.3 Å². The highest BCUT2D eigenvalue weighted by molar-refractivity contribution is 7.09. The maximum atomic E-state index is 11.9. The van der Waals surface area contributed by atoms with Crippen LogP contribution in [-0.4, -0.2) is 28.5 Å². The summed E-state index contributed by atoms with van der Waals surface area (Å²) in [5, 5.41) is 17.4. The molecule has 0 aliphatic heterocycles. The van der Waals surface area contributed by atoms with Crippen molar-refractivity contribution in [2.45, 2.75) is 33.1 Å². The number of aryl methyl sites for hydroxylation is 1. The van der Waals surface area contributed by atoms with Gasteiger partial charge in [0.25, 0.3) is 0 Å². The number of oxime groups is 1. The summed E-state index contributed by atoms with van der Waals surface area (Å²) in [5.74, 6) is -0.805. The molecule has 0 bridgehead atoms. The van der Waals surface area contributed by atoms with Crippen LogP contribution in [0, 0.1) is 12.8 Å². The molecule has 1 heterocycles. The molecule has 106 valence electrons. The number of thiazole rings is 1. The van der Waals surface area contributed by atoms with Crippen LogP contribution in [0.4, 0.5) is 0 Å². The second-order valence-electron chi connectivity index (χ2n) is 4.27. The van der Waals surface area contributed by atoms with Crippen LogP contribution in [0.2, 0.25) is 0 Å². The van der Waals surface area contributed by atoms with Crippen LogP contribution in [-0.2, 0) is 11.2 Å². The lowest BCUT2D eigenvalue weighted by Crippen LogP contribution is -2.39. The Bertz CT molecular complexity index is 445. The Morgan fingerprint density at radius 3 is 2.95 bits per heavy atom. The van der Waals surface area contributed by atoms with Gasteiger partial charge in [0, 0.05) is 18.3 Å². The van der Waals surface area contributed by atoms with E-state index in [1.54, 1.807) is 11.3 Å². The Balaban J connectivity index is 2.44. The third-order valence-electron chi connectivity index (χ3n) is 2.71. The van der Waals surface area contributed by atoms with Crippen LogP contribution in [0.25, 0.3) is 0 Å². The SMILES string of the molecule is CCCC(C(=O)NCCc1csc(C)n1)C(N)=NO. The summed E-state index contributed by atoms with van der Waals surface area (Å²) in [6, 6.07) is 0. The monoisotopic (exact) mass is 284 g/mol. The lowest BCUT2D eigenvalue weighted by molar-refractivity contribution is -0.123. The molecule has 7 heteroatoms. The van der Waals surface area contributed by atoms with E-state index >= 15 is 0 Å². The Kier molecular flexibility index (Phi) is 6.27. The molecule has 0 saturated carbocycles. The summed E-state index contributed by atoms with van der Waals surface area (Å²) >= 11 is 1.59. The Morgan fingerprint density at radius 1 is 1.68 bits per heavy atom. The molecule has 1 aromatic heterocycles. The van der Waals surface area contributed by atoms with E-state index < -0.39 is 5.92 Å². The number of carbonyl (C=O) groups excluding carboxylic acids is 1. The standard InChI is InChI=1S/C12H20N4O2S/c1-3-4-10(11(13)16-18)12(17)14-6-5-9-7-19-8(2)15-9/h7,10,18H,3-6H2,1-2H3,(H2,13,16)(H,14,17). The zero-order chi connectivity index (χ0) is 14.3. The van der Waals surface area contributed by atoms with Crippen LogP contribution in [0.15, 0.2) is 10.5 Å². The van der Waals surface area contributed by atoms with Gasteiger partial charge in [-0.05, 0) is 13.3 Å². The van der Waals surface area contributed by atoms with Gasteiger partial charge in [-0.2, -0.15) is 0 Å². The van der Waals surface area contributed by atoms with E-state index in [4.69, 9.17) is 10.9 Å². The molecule has 0 aromatic carbocycles. The molecule has 0 radical (unpaired) electrons. The van der Waals surface area contributed by atoms with Crippen molar-refractivity contribution in [2.75, 3.05) is 6.54 Å². The fourth-order valence-electron chi connectivity index (χ4n) is 1.73. The van der Waals surface area contributed by atoms with Gasteiger partial charge in [0.1, 0.15) is 0 Å². The normalized spacial score (nSPS) is 13.3. The smallest absolute Gasteiger partial charge is 0.230 e. The fourth-order valence-corrected chi connectivity index (χ4v) is 2.38. The molecule has 0 aliphatic carbocycles. The van der Waals surface area contributed by atoms with E-state index in [-0.39, 0.29) is 11.7 Å². The van der Waals surface area contributed by atoms with Crippen molar-refractivity contribution in [3.05, 3.63) is 16.1 Å². The molecule has 1 atom stereocenters. The van der Waals surface area contributed by atoms with Gasteiger partial charge in [-0.3, -0.25) is 4.79 Å². The summed E-state index contributed by atoms with van der Waals surface area (Å²) in [4.78, 5) is 16.2. The average molecular weight is 284 g/mol. The average Bonchev–Trinajstić information content (AvgIpc) is 2.80. The van der Waals surface area contributed by atoms with Crippen molar-refractivity contribution in [1.29, 1.82) is 0 Å². The maximum Gasteiger partial charge on any atom is 0.230 e. The van der Waals surface area contributed by atoms with Crippen molar-refractivity contribution >= 4 is 23.1 Å². The number of aromatic nitrogens is 1. The minimum absolute atomic E-state index is 0.0381. The van der Waals surface area contributed by atoms with Gasteiger partial charge in [0.15, 0.2) is 5.84 Å². The second-order valence-corrected chi connectivity index (χ2v) is 5.33. The lowest BCUT2D eigenvalue weighted by Gasteiger charge is -2.14. The van der Waals surface area contributed by atoms with E-state index in [2.05, 4.69) is 15.5 Å². The van der Waals surface area contributed by atoms with E-state index in [1.165, 1.54) is 0 Å². The molecule has 1 aromatic rings. The van der Waals surface area contributed by atoms with Gasteiger partial charge in [-0.15, -0.1) is 11.3 Å². The van der Waals surface area contributed by atoms with Gasteiger partial charge in [0.2, 0.25) is 5.91 Å². The van der Waals surface area contributed by atoms with Crippen molar-refractivity contribution < 1.29 is 10.0 Å². The summed E-state index contributed by atoms with van der Waals surface area (Å²) in [6.07, 6.45) is 2.04. The van der Waals surface area contributed by atoms with Gasteiger partial charge in [0.05, 0.1) is 16.6 Å². The summed E-state index contributed by atoms with van der Waals surface area (Å²) in [6.45, 7) is 4.40. The minimum atomic E-state index is -0.563. The molecule has 1 amide bonds. The predicted octanol–water partition coefficient (Wildman–Crippen LogP) is 1.27. The van der Waals surface area contributed by atoms with Crippen LogP contribution in [0.3, 0.4) is 0 Å². The second kappa shape index (κ2) is 7.73. The molecule has 4 N–H and O–H groups in total. The summed E-state index contributed by atoms with van der Waals surface area (Å²) in [5.41, 5.74) is 6.49. The highest BCUT2D eigenvalue weighted by Crippen LogP contribution is 2.09. The van der Waals surface area contributed by atoms with Crippen molar-refractivity contribution in [1.82, 2.24) is 10.3 Å². The molecular weight excluding hydrogens is 264 g/mol. The topological polar surface area (TPSA) is 101 Å². The number of nitrogens with zero attached hydrogens (tertiary/aromatic N) is 2. The van der Waals surface area contributed by atoms with Crippen LogP contribution >= 0.6 is 11.3 Å². The first-order valence-corrected chi connectivity index (χ1v) is 7.12.